The highest BCUT2D eigenvalue weighted by molar-refractivity contribution is 7.09. The van der Waals surface area contributed by atoms with Crippen LogP contribution in [0.2, 0.25) is 0 Å². The van der Waals surface area contributed by atoms with Gasteiger partial charge in [-0.1, -0.05) is 30.3 Å². The lowest BCUT2D eigenvalue weighted by molar-refractivity contribution is -0.142. The Kier molecular flexibility index (Phi) is 5.15. The van der Waals surface area contributed by atoms with E-state index in [-0.39, 0.29) is 18.6 Å². The lowest BCUT2D eigenvalue weighted by Gasteiger charge is -2.25. The molecule has 2 N–H and O–H groups in total. The maximum atomic E-state index is 12.4. The Morgan fingerprint density at radius 2 is 2.16 bits per heavy atom. The molecule has 2 unspecified atom stereocenters. The summed E-state index contributed by atoms with van der Waals surface area (Å²) in [6, 6.07) is 8.89. The number of carboxylic acid groups (broad SMARTS) is 1. The van der Waals surface area contributed by atoms with E-state index in [1.54, 1.807) is 36.6 Å². The predicted molar refractivity (Wildman–Crippen MR) is 93.8 cm³/mol. The highest BCUT2D eigenvalue weighted by atomic mass is 32.1. The fourth-order valence-electron chi connectivity index (χ4n) is 2.77. The number of ether oxygens (including phenoxy) is 1. The van der Waals surface area contributed by atoms with E-state index in [1.165, 1.54) is 11.3 Å². The number of carbonyl (C=O) groups is 2. The standard InChI is InChI=1S/C18H20N2O4S/c1-18(17(22)23,12-6-3-2-4-7-12)11-19-15(21)13-10-25-16(20-13)14-8-5-9-24-14/h2-4,6-7,10,14H,5,8-9,11H2,1H3,(H,19,21)(H,22,23). The summed E-state index contributed by atoms with van der Waals surface area (Å²) in [4.78, 5) is 28.5. The zero-order valence-corrected chi connectivity index (χ0v) is 14.7. The van der Waals surface area contributed by atoms with Crippen molar-refractivity contribution >= 4 is 23.2 Å². The molecule has 3 rings (SSSR count). The molecule has 2 atom stereocenters. The molecule has 0 spiro atoms. The van der Waals surface area contributed by atoms with Crippen molar-refractivity contribution in [3.63, 3.8) is 0 Å². The summed E-state index contributed by atoms with van der Waals surface area (Å²) in [5.74, 6) is -1.36. The van der Waals surface area contributed by atoms with Gasteiger partial charge in [-0.05, 0) is 25.3 Å². The minimum atomic E-state index is -1.20. The fourth-order valence-corrected chi connectivity index (χ4v) is 3.65. The van der Waals surface area contributed by atoms with Crippen molar-refractivity contribution in [2.75, 3.05) is 13.2 Å². The SMILES string of the molecule is CC(CNC(=O)c1csc(C2CCCO2)n1)(C(=O)O)c1ccccc1. The maximum Gasteiger partial charge on any atom is 0.315 e. The second-order valence-electron chi connectivity index (χ2n) is 6.26. The number of aromatic nitrogens is 1. The van der Waals surface area contributed by atoms with Crippen LogP contribution in [0.25, 0.3) is 0 Å². The molecule has 1 aliphatic heterocycles. The largest absolute Gasteiger partial charge is 0.481 e. The molecular weight excluding hydrogens is 340 g/mol. The average molecular weight is 360 g/mol. The number of thiazole rings is 1. The number of hydrogen-bond donors (Lipinski definition) is 2. The van der Waals surface area contributed by atoms with Gasteiger partial charge < -0.3 is 15.2 Å². The number of nitrogens with one attached hydrogen (secondary N) is 1. The quantitative estimate of drug-likeness (QED) is 0.827. The molecule has 1 amide bonds. The van der Waals surface area contributed by atoms with E-state index in [4.69, 9.17) is 4.74 Å². The van der Waals surface area contributed by atoms with Gasteiger partial charge in [-0.25, -0.2) is 4.98 Å². The number of benzene rings is 1. The van der Waals surface area contributed by atoms with E-state index in [0.717, 1.165) is 24.5 Å². The van der Waals surface area contributed by atoms with Crippen LogP contribution < -0.4 is 5.32 Å². The zero-order chi connectivity index (χ0) is 17.9. The topological polar surface area (TPSA) is 88.5 Å². The van der Waals surface area contributed by atoms with E-state index in [1.807, 2.05) is 6.07 Å². The molecule has 1 aromatic heterocycles. The van der Waals surface area contributed by atoms with Crippen molar-refractivity contribution < 1.29 is 19.4 Å². The van der Waals surface area contributed by atoms with Crippen LogP contribution in [0.5, 0.6) is 0 Å². The van der Waals surface area contributed by atoms with Gasteiger partial charge >= 0.3 is 5.97 Å². The smallest absolute Gasteiger partial charge is 0.315 e. The molecule has 0 bridgehead atoms. The first kappa shape index (κ1) is 17.6. The molecule has 1 aromatic carbocycles. The normalized spacial score (nSPS) is 19.3. The Morgan fingerprint density at radius 3 is 2.80 bits per heavy atom. The Bertz CT molecular complexity index is 755. The lowest BCUT2D eigenvalue weighted by Crippen LogP contribution is -2.44. The lowest BCUT2D eigenvalue weighted by atomic mass is 9.82. The van der Waals surface area contributed by atoms with E-state index < -0.39 is 11.4 Å². The Morgan fingerprint density at radius 1 is 1.40 bits per heavy atom. The van der Waals surface area contributed by atoms with Crippen LogP contribution in [0.4, 0.5) is 0 Å². The minimum absolute atomic E-state index is 0.0159. The van der Waals surface area contributed by atoms with Gasteiger partial charge in [-0.3, -0.25) is 9.59 Å². The summed E-state index contributed by atoms with van der Waals surface area (Å²) in [6.07, 6.45) is 1.89. The highest BCUT2D eigenvalue weighted by Crippen LogP contribution is 2.30. The van der Waals surface area contributed by atoms with Gasteiger partial charge in [0, 0.05) is 18.5 Å². The van der Waals surface area contributed by atoms with Gasteiger partial charge in [0.05, 0.1) is 0 Å². The van der Waals surface area contributed by atoms with Gasteiger partial charge in [0.2, 0.25) is 0 Å². The van der Waals surface area contributed by atoms with Crippen molar-refractivity contribution in [2.45, 2.75) is 31.3 Å². The maximum absolute atomic E-state index is 12.4. The average Bonchev–Trinajstić information content (AvgIpc) is 3.31. The summed E-state index contributed by atoms with van der Waals surface area (Å²) in [6.45, 7) is 2.31. The third kappa shape index (κ3) is 3.72. The Hall–Kier alpha value is -2.25. The van der Waals surface area contributed by atoms with Crippen molar-refractivity contribution in [1.82, 2.24) is 10.3 Å². The molecule has 0 aliphatic carbocycles. The number of carbonyl (C=O) groups excluding carboxylic acids is 1. The first-order valence-corrected chi connectivity index (χ1v) is 9.03. The van der Waals surface area contributed by atoms with Gasteiger partial charge in [-0.2, -0.15) is 0 Å². The monoisotopic (exact) mass is 360 g/mol. The summed E-state index contributed by atoms with van der Waals surface area (Å²) in [7, 11) is 0. The summed E-state index contributed by atoms with van der Waals surface area (Å²) in [5, 5.41) is 14.8. The predicted octanol–water partition coefficient (Wildman–Crippen LogP) is 2.77. The number of aliphatic carboxylic acids is 1. The molecule has 2 heterocycles. The summed E-state index contributed by atoms with van der Waals surface area (Å²) in [5.41, 5.74) is -0.262. The number of nitrogens with zero attached hydrogens (tertiary/aromatic N) is 1. The van der Waals surface area contributed by atoms with Gasteiger partial charge in [0.25, 0.3) is 5.91 Å². The Labute approximate surface area is 149 Å². The Balaban J connectivity index is 1.69. The molecule has 0 radical (unpaired) electrons. The van der Waals surface area contributed by atoms with Crippen molar-refractivity contribution in [2.24, 2.45) is 0 Å². The molecule has 2 aromatic rings. The molecule has 132 valence electrons. The fraction of sp³-hybridized carbons (Fsp3) is 0.389. The molecular formula is C18H20N2O4S. The number of hydrogen-bond acceptors (Lipinski definition) is 5. The number of carboxylic acids is 1. The van der Waals surface area contributed by atoms with Crippen LogP contribution >= 0.6 is 11.3 Å². The van der Waals surface area contributed by atoms with Crippen LogP contribution in [0.15, 0.2) is 35.7 Å². The van der Waals surface area contributed by atoms with Crippen LogP contribution in [0, 0.1) is 0 Å². The first-order valence-electron chi connectivity index (χ1n) is 8.15. The van der Waals surface area contributed by atoms with E-state index in [2.05, 4.69) is 10.3 Å². The van der Waals surface area contributed by atoms with Crippen molar-refractivity contribution in [3.05, 3.63) is 52.0 Å². The van der Waals surface area contributed by atoms with Crippen LogP contribution in [-0.4, -0.2) is 35.1 Å². The number of rotatable bonds is 6. The molecule has 6 nitrogen and oxygen atoms in total. The molecule has 1 aliphatic rings. The second-order valence-corrected chi connectivity index (χ2v) is 7.15. The molecule has 0 saturated carbocycles. The van der Waals surface area contributed by atoms with Crippen LogP contribution in [0.3, 0.4) is 0 Å². The van der Waals surface area contributed by atoms with E-state index in [9.17, 15) is 14.7 Å². The third-order valence-corrected chi connectivity index (χ3v) is 5.38. The van der Waals surface area contributed by atoms with Gasteiger partial charge in [0.1, 0.15) is 22.2 Å². The molecule has 25 heavy (non-hydrogen) atoms. The van der Waals surface area contributed by atoms with E-state index in [0.29, 0.717) is 11.3 Å². The summed E-state index contributed by atoms with van der Waals surface area (Å²) < 4.78 is 5.57. The number of amides is 1. The molecule has 1 saturated heterocycles. The van der Waals surface area contributed by atoms with Crippen LogP contribution in [0.1, 0.15) is 46.9 Å². The second kappa shape index (κ2) is 7.33. The van der Waals surface area contributed by atoms with Crippen LogP contribution in [-0.2, 0) is 14.9 Å². The third-order valence-electron chi connectivity index (χ3n) is 4.45. The summed E-state index contributed by atoms with van der Waals surface area (Å²) >= 11 is 1.40. The minimum Gasteiger partial charge on any atom is -0.481 e. The zero-order valence-electron chi connectivity index (χ0n) is 13.9. The van der Waals surface area contributed by atoms with Crippen molar-refractivity contribution in [3.8, 4) is 0 Å². The highest BCUT2D eigenvalue weighted by Gasteiger charge is 2.35. The van der Waals surface area contributed by atoms with Crippen molar-refractivity contribution in [1.29, 1.82) is 0 Å². The molecule has 7 heteroatoms. The van der Waals surface area contributed by atoms with E-state index >= 15 is 0 Å². The van der Waals surface area contributed by atoms with Gasteiger partial charge in [0.15, 0.2) is 0 Å². The first-order chi connectivity index (χ1) is 12.0. The molecule has 1 fully saturated rings. The van der Waals surface area contributed by atoms with Gasteiger partial charge in [-0.15, -0.1) is 11.3 Å².